The molecule has 0 aliphatic carbocycles. The number of aliphatic hydroxyl groups is 3. The first kappa shape index (κ1) is 23.6. The molecule has 0 radical (unpaired) electrons. The minimum absolute atomic E-state index is 0.245. The summed E-state index contributed by atoms with van der Waals surface area (Å²) in [5.41, 5.74) is 0. The highest BCUT2D eigenvalue weighted by molar-refractivity contribution is 4.90. The van der Waals surface area contributed by atoms with Crippen molar-refractivity contribution in [1.82, 2.24) is 0 Å². The monoisotopic (exact) mass is 372 g/mol. The highest BCUT2D eigenvalue weighted by Crippen LogP contribution is 2.20. The second kappa shape index (κ2) is 15.6. The number of allylic oxidation sites excluding steroid dienone is 1. The highest BCUT2D eigenvalue weighted by Gasteiger charge is 2.40. The quantitative estimate of drug-likeness (QED) is 0.286. The minimum Gasteiger partial charge on any atom is -0.394 e. The lowest BCUT2D eigenvalue weighted by atomic mass is 10.1. The summed E-state index contributed by atoms with van der Waals surface area (Å²) in [6.07, 6.45) is 15.5. The molecular weight excluding hydrogens is 332 g/mol. The van der Waals surface area contributed by atoms with E-state index in [1.807, 2.05) is 6.08 Å². The van der Waals surface area contributed by atoms with Crippen LogP contribution in [0.25, 0.3) is 0 Å². The van der Waals surface area contributed by atoms with Gasteiger partial charge in [0.15, 0.2) is 0 Å². The van der Waals surface area contributed by atoms with E-state index in [9.17, 15) is 10.2 Å². The lowest BCUT2D eigenvalue weighted by molar-refractivity contribution is -0.0716. The third kappa shape index (κ3) is 10.0. The van der Waals surface area contributed by atoms with Crippen LogP contribution in [0.3, 0.4) is 0 Å². The Labute approximate surface area is 159 Å². The average Bonchev–Trinajstić information content (AvgIpc) is 3.02. The molecule has 0 aromatic carbocycles. The Bertz CT molecular complexity index is 347. The first-order chi connectivity index (χ1) is 12.7. The molecule has 3 N–H and O–H groups in total. The van der Waals surface area contributed by atoms with Crippen molar-refractivity contribution in [2.75, 3.05) is 19.8 Å². The van der Waals surface area contributed by atoms with Gasteiger partial charge in [0, 0.05) is 0 Å². The van der Waals surface area contributed by atoms with Crippen LogP contribution in [0, 0.1) is 0 Å². The lowest BCUT2D eigenvalue weighted by Crippen LogP contribution is -2.41. The molecule has 1 heterocycles. The third-order valence-corrected chi connectivity index (χ3v) is 5.03. The summed E-state index contributed by atoms with van der Waals surface area (Å²) in [4.78, 5) is 0. The van der Waals surface area contributed by atoms with E-state index in [2.05, 4.69) is 13.0 Å². The summed E-state index contributed by atoms with van der Waals surface area (Å²) < 4.78 is 10.9. The molecule has 0 aromatic heterocycles. The van der Waals surface area contributed by atoms with Crippen molar-refractivity contribution in [2.45, 2.75) is 102 Å². The summed E-state index contributed by atoms with van der Waals surface area (Å²) in [5, 5.41) is 28.5. The molecule has 5 heteroatoms. The summed E-state index contributed by atoms with van der Waals surface area (Å²) >= 11 is 0. The van der Waals surface area contributed by atoms with Gasteiger partial charge >= 0.3 is 0 Å². The van der Waals surface area contributed by atoms with E-state index in [0.29, 0.717) is 6.61 Å². The number of rotatable bonds is 16. The number of aliphatic hydroxyl groups excluding tert-OH is 3. The second-order valence-corrected chi connectivity index (χ2v) is 7.35. The van der Waals surface area contributed by atoms with Gasteiger partial charge in [0.2, 0.25) is 0 Å². The molecule has 154 valence electrons. The SMILES string of the molecule is CCCCCCCCCCCC/C=C/CO[C@@H]1CO[C@@H]([C@@H](O)CO)[C@H]1O. The van der Waals surface area contributed by atoms with E-state index in [-0.39, 0.29) is 6.61 Å². The van der Waals surface area contributed by atoms with Gasteiger partial charge in [0.1, 0.15) is 24.4 Å². The molecule has 5 nitrogen and oxygen atoms in total. The van der Waals surface area contributed by atoms with Gasteiger partial charge in [-0.3, -0.25) is 0 Å². The van der Waals surface area contributed by atoms with Crippen LogP contribution in [-0.4, -0.2) is 59.6 Å². The predicted molar refractivity (Wildman–Crippen MR) is 104 cm³/mol. The molecule has 0 aromatic rings. The Balaban J connectivity index is 1.91. The van der Waals surface area contributed by atoms with Crippen molar-refractivity contribution < 1.29 is 24.8 Å². The van der Waals surface area contributed by atoms with Gasteiger partial charge in [0.05, 0.1) is 19.8 Å². The zero-order valence-electron chi connectivity index (χ0n) is 16.5. The molecule has 1 rings (SSSR count). The van der Waals surface area contributed by atoms with Crippen molar-refractivity contribution >= 4 is 0 Å². The van der Waals surface area contributed by atoms with Crippen molar-refractivity contribution in [3.05, 3.63) is 12.2 Å². The van der Waals surface area contributed by atoms with E-state index >= 15 is 0 Å². The normalized spacial score (nSPS) is 24.5. The largest absolute Gasteiger partial charge is 0.394 e. The Kier molecular flexibility index (Phi) is 14.1. The molecule has 26 heavy (non-hydrogen) atoms. The maximum absolute atomic E-state index is 10.0. The van der Waals surface area contributed by atoms with Crippen LogP contribution in [0.2, 0.25) is 0 Å². The topological polar surface area (TPSA) is 79.2 Å². The lowest BCUT2D eigenvalue weighted by Gasteiger charge is -2.20. The number of hydrogen-bond acceptors (Lipinski definition) is 5. The number of ether oxygens (including phenoxy) is 2. The summed E-state index contributed by atoms with van der Waals surface area (Å²) in [7, 11) is 0. The van der Waals surface area contributed by atoms with Crippen LogP contribution in [0.15, 0.2) is 12.2 Å². The molecule has 1 aliphatic heterocycles. The Hall–Kier alpha value is -0.460. The van der Waals surface area contributed by atoms with Crippen LogP contribution in [0.4, 0.5) is 0 Å². The zero-order valence-corrected chi connectivity index (χ0v) is 16.5. The maximum Gasteiger partial charge on any atom is 0.114 e. The summed E-state index contributed by atoms with van der Waals surface area (Å²) in [6, 6.07) is 0. The standard InChI is InChI=1S/C21H40O5/c1-2-3-4-5-6-7-8-9-10-11-12-13-14-15-25-19-17-26-21(20(19)24)18(23)16-22/h13-14,18-24H,2-12,15-17H2,1H3/b14-13+/t18-,19+,20-,21-/m0/s1. The Morgan fingerprint density at radius 3 is 2.23 bits per heavy atom. The van der Waals surface area contributed by atoms with Gasteiger partial charge in [-0.05, 0) is 12.8 Å². The fraction of sp³-hybridized carbons (Fsp3) is 0.905. The Morgan fingerprint density at radius 2 is 1.62 bits per heavy atom. The fourth-order valence-electron chi connectivity index (χ4n) is 3.32. The predicted octanol–water partition coefficient (Wildman–Crippen LogP) is 3.35. The van der Waals surface area contributed by atoms with E-state index in [1.54, 1.807) is 0 Å². The second-order valence-electron chi connectivity index (χ2n) is 7.35. The van der Waals surface area contributed by atoms with Crippen LogP contribution in [-0.2, 0) is 9.47 Å². The molecule has 1 aliphatic rings. The summed E-state index contributed by atoms with van der Waals surface area (Å²) in [5.74, 6) is 0. The molecule has 0 saturated carbocycles. The summed E-state index contributed by atoms with van der Waals surface area (Å²) in [6.45, 7) is 2.51. The fourth-order valence-corrected chi connectivity index (χ4v) is 3.32. The van der Waals surface area contributed by atoms with Crippen LogP contribution >= 0.6 is 0 Å². The van der Waals surface area contributed by atoms with Crippen molar-refractivity contribution in [2.24, 2.45) is 0 Å². The van der Waals surface area contributed by atoms with E-state index in [0.717, 1.165) is 6.42 Å². The van der Waals surface area contributed by atoms with Gasteiger partial charge in [-0.1, -0.05) is 76.9 Å². The molecule has 0 amide bonds. The van der Waals surface area contributed by atoms with Gasteiger partial charge in [-0.25, -0.2) is 0 Å². The third-order valence-electron chi connectivity index (χ3n) is 5.03. The van der Waals surface area contributed by atoms with Crippen LogP contribution in [0.1, 0.15) is 77.6 Å². The molecule has 1 fully saturated rings. The minimum atomic E-state index is -1.06. The molecule has 0 spiro atoms. The number of hydrogen-bond donors (Lipinski definition) is 3. The van der Waals surface area contributed by atoms with Gasteiger partial charge in [0.25, 0.3) is 0 Å². The molecule has 1 saturated heterocycles. The van der Waals surface area contributed by atoms with Crippen molar-refractivity contribution in [3.8, 4) is 0 Å². The Morgan fingerprint density at radius 1 is 1.00 bits per heavy atom. The first-order valence-electron chi connectivity index (χ1n) is 10.6. The van der Waals surface area contributed by atoms with Crippen molar-refractivity contribution in [1.29, 1.82) is 0 Å². The van der Waals surface area contributed by atoms with Gasteiger partial charge in [-0.2, -0.15) is 0 Å². The first-order valence-corrected chi connectivity index (χ1v) is 10.6. The van der Waals surface area contributed by atoms with Gasteiger partial charge in [-0.15, -0.1) is 0 Å². The van der Waals surface area contributed by atoms with Crippen LogP contribution in [0.5, 0.6) is 0 Å². The van der Waals surface area contributed by atoms with E-state index < -0.39 is 31.0 Å². The molecule has 0 bridgehead atoms. The van der Waals surface area contributed by atoms with Crippen LogP contribution < -0.4 is 0 Å². The number of unbranched alkanes of at least 4 members (excludes halogenated alkanes) is 10. The highest BCUT2D eigenvalue weighted by atomic mass is 16.6. The van der Waals surface area contributed by atoms with E-state index in [4.69, 9.17) is 14.6 Å². The van der Waals surface area contributed by atoms with Crippen molar-refractivity contribution in [3.63, 3.8) is 0 Å². The maximum atomic E-state index is 10.0. The molecular formula is C21H40O5. The average molecular weight is 373 g/mol. The molecule has 0 unspecified atom stereocenters. The molecule has 4 atom stereocenters. The zero-order chi connectivity index (χ0) is 19.0. The smallest absolute Gasteiger partial charge is 0.114 e. The van der Waals surface area contributed by atoms with E-state index in [1.165, 1.54) is 64.2 Å². The van der Waals surface area contributed by atoms with Gasteiger partial charge < -0.3 is 24.8 Å².